The van der Waals surface area contributed by atoms with Crippen molar-refractivity contribution >= 4 is 34.8 Å². The fraction of sp³-hybridized carbons (Fsp3) is 0.125. The Bertz CT molecular complexity index is 858. The van der Waals surface area contributed by atoms with E-state index in [9.17, 15) is 4.79 Å². The maximum Gasteiger partial charge on any atom is 0.251 e. The molecule has 0 saturated heterocycles. The number of pyridine rings is 1. The van der Waals surface area contributed by atoms with E-state index >= 15 is 0 Å². The lowest BCUT2D eigenvalue weighted by molar-refractivity contribution is 0.0950. The summed E-state index contributed by atoms with van der Waals surface area (Å²) < 4.78 is 1.99. The maximum atomic E-state index is 12.1. The van der Waals surface area contributed by atoms with Gasteiger partial charge in [0, 0.05) is 17.5 Å². The number of benzene rings is 1. The Morgan fingerprint density at radius 2 is 2.05 bits per heavy atom. The molecule has 22 heavy (non-hydrogen) atoms. The number of carbonyl (C=O) groups excluding carboxylic acids is 1. The van der Waals surface area contributed by atoms with Crippen LogP contribution in [0.15, 0.2) is 42.6 Å². The van der Waals surface area contributed by atoms with Crippen molar-refractivity contribution in [2.75, 3.05) is 0 Å². The highest BCUT2D eigenvalue weighted by Gasteiger charge is 2.09. The van der Waals surface area contributed by atoms with Crippen LogP contribution in [0.5, 0.6) is 0 Å². The van der Waals surface area contributed by atoms with Crippen LogP contribution in [0.1, 0.15) is 21.7 Å². The Morgan fingerprint density at radius 1 is 1.23 bits per heavy atom. The Kier molecular flexibility index (Phi) is 4.05. The van der Waals surface area contributed by atoms with Crippen molar-refractivity contribution in [3.05, 3.63) is 69.6 Å². The minimum atomic E-state index is -0.215. The molecule has 1 amide bonds. The van der Waals surface area contributed by atoms with E-state index in [0.29, 0.717) is 22.2 Å². The number of aromatic nitrogens is 2. The van der Waals surface area contributed by atoms with Crippen LogP contribution < -0.4 is 5.32 Å². The minimum Gasteiger partial charge on any atom is -0.346 e. The molecule has 2 heterocycles. The topological polar surface area (TPSA) is 46.4 Å². The fourth-order valence-corrected chi connectivity index (χ4v) is 2.49. The third-order valence-corrected chi connectivity index (χ3v) is 4.10. The summed E-state index contributed by atoms with van der Waals surface area (Å²) in [5, 5.41) is 3.61. The first kappa shape index (κ1) is 14.9. The Balaban J connectivity index is 1.74. The third kappa shape index (κ3) is 2.93. The van der Waals surface area contributed by atoms with E-state index in [1.807, 2.05) is 35.7 Å². The van der Waals surface area contributed by atoms with E-state index in [4.69, 9.17) is 23.2 Å². The molecule has 2 aromatic heterocycles. The monoisotopic (exact) mass is 333 g/mol. The van der Waals surface area contributed by atoms with E-state index in [2.05, 4.69) is 10.3 Å². The lowest BCUT2D eigenvalue weighted by Crippen LogP contribution is -2.22. The van der Waals surface area contributed by atoms with Gasteiger partial charge in [-0.15, -0.1) is 0 Å². The van der Waals surface area contributed by atoms with Crippen molar-refractivity contribution in [3.8, 4) is 0 Å². The van der Waals surface area contributed by atoms with Crippen molar-refractivity contribution in [1.82, 2.24) is 14.7 Å². The van der Waals surface area contributed by atoms with Gasteiger partial charge in [0.05, 0.1) is 22.3 Å². The average molecular weight is 334 g/mol. The van der Waals surface area contributed by atoms with Gasteiger partial charge >= 0.3 is 0 Å². The lowest BCUT2D eigenvalue weighted by atomic mass is 10.2. The van der Waals surface area contributed by atoms with Gasteiger partial charge in [-0.2, -0.15) is 0 Å². The molecule has 0 atom stereocenters. The van der Waals surface area contributed by atoms with E-state index in [-0.39, 0.29) is 5.91 Å². The molecule has 0 unspecified atom stereocenters. The van der Waals surface area contributed by atoms with Gasteiger partial charge in [0.2, 0.25) is 0 Å². The molecular formula is C16H13Cl2N3O. The SMILES string of the molecule is Cc1cccc2nc(CNC(=O)c3ccc(Cl)c(Cl)c3)cn12. The summed E-state index contributed by atoms with van der Waals surface area (Å²) in [5.41, 5.74) is 3.21. The van der Waals surface area contributed by atoms with E-state index < -0.39 is 0 Å². The first-order valence-electron chi connectivity index (χ1n) is 6.71. The van der Waals surface area contributed by atoms with Gasteiger partial charge < -0.3 is 9.72 Å². The van der Waals surface area contributed by atoms with Gasteiger partial charge in [0.15, 0.2) is 0 Å². The first-order chi connectivity index (χ1) is 10.5. The van der Waals surface area contributed by atoms with E-state index in [1.165, 1.54) is 0 Å². The van der Waals surface area contributed by atoms with Crippen LogP contribution in [-0.2, 0) is 6.54 Å². The normalized spacial score (nSPS) is 10.9. The van der Waals surface area contributed by atoms with E-state index in [0.717, 1.165) is 17.0 Å². The van der Waals surface area contributed by atoms with Gasteiger partial charge in [-0.3, -0.25) is 4.79 Å². The zero-order valence-electron chi connectivity index (χ0n) is 11.8. The molecular weight excluding hydrogens is 321 g/mol. The zero-order chi connectivity index (χ0) is 15.7. The number of aryl methyl sites for hydroxylation is 1. The number of imidazole rings is 1. The van der Waals surface area contributed by atoms with Crippen LogP contribution in [0.3, 0.4) is 0 Å². The minimum absolute atomic E-state index is 0.215. The summed E-state index contributed by atoms with van der Waals surface area (Å²) in [4.78, 5) is 16.6. The fourth-order valence-electron chi connectivity index (χ4n) is 2.19. The smallest absolute Gasteiger partial charge is 0.251 e. The molecule has 6 heteroatoms. The summed E-state index contributed by atoms with van der Waals surface area (Å²) in [6.07, 6.45) is 1.92. The number of fused-ring (bicyclic) bond motifs is 1. The molecule has 0 aliphatic heterocycles. The number of rotatable bonds is 3. The highest BCUT2D eigenvalue weighted by molar-refractivity contribution is 6.42. The molecule has 1 N–H and O–H groups in total. The molecule has 0 aliphatic carbocycles. The Labute approximate surface area is 137 Å². The number of halogens is 2. The molecule has 112 valence electrons. The van der Waals surface area contributed by atoms with Crippen molar-refractivity contribution in [1.29, 1.82) is 0 Å². The van der Waals surface area contributed by atoms with Crippen molar-refractivity contribution in [2.45, 2.75) is 13.5 Å². The second kappa shape index (κ2) is 5.99. The van der Waals surface area contributed by atoms with Crippen LogP contribution >= 0.6 is 23.2 Å². The van der Waals surface area contributed by atoms with Crippen LogP contribution in [0, 0.1) is 6.92 Å². The highest BCUT2D eigenvalue weighted by atomic mass is 35.5. The van der Waals surface area contributed by atoms with E-state index in [1.54, 1.807) is 18.2 Å². The van der Waals surface area contributed by atoms with Gasteiger partial charge in [-0.05, 0) is 37.3 Å². The van der Waals surface area contributed by atoms with Crippen molar-refractivity contribution in [3.63, 3.8) is 0 Å². The molecule has 0 fully saturated rings. The Hall–Kier alpha value is -2.04. The summed E-state index contributed by atoms with van der Waals surface area (Å²) in [5.74, 6) is -0.215. The molecule has 3 aromatic rings. The largest absolute Gasteiger partial charge is 0.346 e. The standard InChI is InChI=1S/C16H13Cl2N3O/c1-10-3-2-4-15-20-12(9-21(10)15)8-19-16(22)11-5-6-13(17)14(18)7-11/h2-7,9H,8H2,1H3,(H,19,22). The molecule has 4 nitrogen and oxygen atoms in total. The number of amides is 1. The molecule has 0 aliphatic rings. The highest BCUT2D eigenvalue weighted by Crippen LogP contribution is 2.22. The molecule has 0 bridgehead atoms. The third-order valence-electron chi connectivity index (χ3n) is 3.36. The zero-order valence-corrected chi connectivity index (χ0v) is 13.3. The van der Waals surface area contributed by atoms with Gasteiger partial charge in [-0.1, -0.05) is 29.3 Å². The number of nitrogens with zero attached hydrogens (tertiary/aromatic N) is 2. The van der Waals surface area contributed by atoms with Crippen molar-refractivity contribution < 1.29 is 4.79 Å². The van der Waals surface area contributed by atoms with Crippen LogP contribution in [0.2, 0.25) is 10.0 Å². The summed E-state index contributed by atoms with van der Waals surface area (Å²) in [6, 6.07) is 10.7. The molecule has 0 saturated carbocycles. The van der Waals surface area contributed by atoms with Gasteiger partial charge in [0.25, 0.3) is 5.91 Å². The van der Waals surface area contributed by atoms with Gasteiger partial charge in [-0.25, -0.2) is 4.98 Å². The predicted octanol–water partition coefficient (Wildman–Crippen LogP) is 3.88. The number of nitrogens with one attached hydrogen (secondary N) is 1. The molecule has 1 aromatic carbocycles. The van der Waals surface area contributed by atoms with Gasteiger partial charge in [0.1, 0.15) is 5.65 Å². The second-order valence-corrected chi connectivity index (χ2v) is 5.75. The summed E-state index contributed by atoms with van der Waals surface area (Å²) in [7, 11) is 0. The average Bonchev–Trinajstić information content (AvgIpc) is 2.92. The number of hydrogen-bond donors (Lipinski definition) is 1. The number of hydrogen-bond acceptors (Lipinski definition) is 2. The summed E-state index contributed by atoms with van der Waals surface area (Å²) >= 11 is 11.8. The number of carbonyl (C=O) groups is 1. The molecule has 0 radical (unpaired) electrons. The first-order valence-corrected chi connectivity index (χ1v) is 7.47. The van der Waals surface area contributed by atoms with Crippen LogP contribution in [-0.4, -0.2) is 15.3 Å². The summed E-state index contributed by atoms with van der Waals surface area (Å²) in [6.45, 7) is 2.35. The molecule has 0 spiro atoms. The van der Waals surface area contributed by atoms with Crippen LogP contribution in [0.4, 0.5) is 0 Å². The lowest BCUT2D eigenvalue weighted by Gasteiger charge is -2.04. The van der Waals surface area contributed by atoms with Crippen LogP contribution in [0.25, 0.3) is 5.65 Å². The molecule has 3 rings (SSSR count). The maximum absolute atomic E-state index is 12.1. The van der Waals surface area contributed by atoms with Crippen molar-refractivity contribution in [2.24, 2.45) is 0 Å². The second-order valence-electron chi connectivity index (χ2n) is 4.94. The predicted molar refractivity (Wildman–Crippen MR) is 87.6 cm³/mol. The Morgan fingerprint density at radius 3 is 2.77 bits per heavy atom. The quantitative estimate of drug-likeness (QED) is 0.790.